The van der Waals surface area contributed by atoms with Crippen molar-refractivity contribution in [2.24, 2.45) is 5.73 Å². The van der Waals surface area contributed by atoms with Gasteiger partial charge in [-0.2, -0.15) is 0 Å². The van der Waals surface area contributed by atoms with Gasteiger partial charge in [-0.05, 0) is 24.6 Å². The van der Waals surface area contributed by atoms with Gasteiger partial charge in [-0.15, -0.1) is 11.3 Å². The average Bonchev–Trinajstić information content (AvgIpc) is 2.96. The van der Waals surface area contributed by atoms with E-state index in [-0.39, 0.29) is 5.82 Å². The van der Waals surface area contributed by atoms with Gasteiger partial charge in [0.05, 0.1) is 6.54 Å². The number of thiophene rings is 1. The number of imidazole rings is 1. The minimum absolute atomic E-state index is 0.179. The van der Waals surface area contributed by atoms with Gasteiger partial charge in [-0.3, -0.25) is 0 Å². The topological polar surface area (TPSA) is 43.8 Å². The van der Waals surface area contributed by atoms with Gasteiger partial charge < -0.3 is 10.3 Å². The highest BCUT2D eigenvalue weighted by Gasteiger charge is 2.15. The van der Waals surface area contributed by atoms with Crippen molar-refractivity contribution in [2.45, 2.75) is 20.0 Å². The van der Waals surface area contributed by atoms with Crippen LogP contribution in [-0.4, -0.2) is 9.55 Å². The molecule has 0 saturated heterocycles. The molecule has 0 amide bonds. The van der Waals surface area contributed by atoms with Crippen LogP contribution in [0.5, 0.6) is 0 Å². The third-order valence-corrected chi connectivity index (χ3v) is 4.50. The van der Waals surface area contributed by atoms with E-state index < -0.39 is 0 Å². The smallest absolute Gasteiger partial charge is 0.132 e. The predicted molar refractivity (Wildman–Crippen MR) is 75.7 cm³/mol. The second kappa shape index (κ2) is 4.75. The summed E-state index contributed by atoms with van der Waals surface area (Å²) in [5.74, 6) is 0.736. The van der Waals surface area contributed by atoms with E-state index in [2.05, 4.69) is 4.98 Å². The first-order valence-corrected chi connectivity index (χ1v) is 6.89. The van der Waals surface area contributed by atoms with Gasteiger partial charge in [0, 0.05) is 33.9 Å². The van der Waals surface area contributed by atoms with E-state index in [1.54, 1.807) is 23.6 Å². The zero-order valence-corrected chi connectivity index (χ0v) is 11.4. The van der Waals surface area contributed by atoms with Crippen LogP contribution in [0.1, 0.15) is 16.3 Å². The summed E-state index contributed by atoms with van der Waals surface area (Å²) in [6, 6.07) is 5.17. The molecular formula is C14H14FN3S. The Morgan fingerprint density at radius 3 is 2.95 bits per heavy atom. The monoisotopic (exact) mass is 275 g/mol. The van der Waals surface area contributed by atoms with Crippen molar-refractivity contribution in [3.8, 4) is 0 Å². The van der Waals surface area contributed by atoms with Crippen LogP contribution in [0.4, 0.5) is 4.39 Å². The van der Waals surface area contributed by atoms with E-state index >= 15 is 0 Å². The van der Waals surface area contributed by atoms with Crippen molar-refractivity contribution in [1.82, 2.24) is 9.55 Å². The van der Waals surface area contributed by atoms with Gasteiger partial charge >= 0.3 is 0 Å². The first-order chi connectivity index (χ1) is 9.20. The van der Waals surface area contributed by atoms with Gasteiger partial charge in [0.1, 0.15) is 11.6 Å². The van der Waals surface area contributed by atoms with E-state index in [4.69, 9.17) is 5.73 Å². The summed E-state index contributed by atoms with van der Waals surface area (Å²) in [5, 5.41) is 0.695. The molecule has 2 N–H and O–H groups in total. The summed E-state index contributed by atoms with van der Waals surface area (Å²) in [6.45, 7) is 2.98. The molecule has 5 heteroatoms. The first kappa shape index (κ1) is 12.3. The molecule has 3 nitrogen and oxygen atoms in total. The summed E-state index contributed by atoms with van der Waals surface area (Å²) < 4.78 is 17.0. The Kier molecular flexibility index (Phi) is 3.08. The maximum Gasteiger partial charge on any atom is 0.132 e. The summed E-state index contributed by atoms with van der Waals surface area (Å²) in [6.07, 6.45) is 3.66. The van der Waals surface area contributed by atoms with Gasteiger partial charge in [0.25, 0.3) is 0 Å². The molecule has 0 fully saturated rings. The number of nitrogens with two attached hydrogens (primary N) is 1. The predicted octanol–water partition coefficient (Wildman–Crippen LogP) is 3.05. The Bertz CT molecular complexity index is 729. The number of hydrogen-bond donors (Lipinski definition) is 1. The number of aryl methyl sites for hydroxylation is 1. The normalized spacial score (nSPS) is 11.3. The van der Waals surface area contributed by atoms with E-state index in [1.807, 2.05) is 23.8 Å². The highest BCUT2D eigenvalue weighted by atomic mass is 32.1. The zero-order valence-electron chi connectivity index (χ0n) is 10.6. The lowest BCUT2D eigenvalue weighted by Gasteiger charge is -2.07. The van der Waals surface area contributed by atoms with Crippen LogP contribution >= 0.6 is 11.3 Å². The molecule has 98 valence electrons. The fourth-order valence-corrected chi connectivity index (χ4v) is 3.40. The highest BCUT2D eigenvalue weighted by Crippen LogP contribution is 2.33. The number of aromatic nitrogens is 2. The highest BCUT2D eigenvalue weighted by molar-refractivity contribution is 7.19. The summed E-state index contributed by atoms with van der Waals surface area (Å²) in [7, 11) is 0. The van der Waals surface area contributed by atoms with Crippen molar-refractivity contribution in [1.29, 1.82) is 0 Å². The minimum Gasteiger partial charge on any atom is -0.331 e. The quantitative estimate of drug-likeness (QED) is 0.798. The number of benzene rings is 1. The Morgan fingerprint density at radius 2 is 2.26 bits per heavy atom. The summed E-state index contributed by atoms with van der Waals surface area (Å²) in [5.41, 5.74) is 6.77. The lowest BCUT2D eigenvalue weighted by atomic mass is 10.1. The van der Waals surface area contributed by atoms with Crippen LogP contribution in [0.2, 0.25) is 0 Å². The minimum atomic E-state index is -0.179. The van der Waals surface area contributed by atoms with Crippen LogP contribution in [0, 0.1) is 12.7 Å². The molecule has 3 rings (SSSR count). The molecule has 0 aliphatic heterocycles. The molecule has 2 aromatic heterocycles. The molecule has 0 radical (unpaired) electrons. The van der Waals surface area contributed by atoms with E-state index in [9.17, 15) is 4.39 Å². The summed E-state index contributed by atoms with van der Waals surface area (Å²) >= 11 is 1.57. The van der Waals surface area contributed by atoms with Gasteiger partial charge in [-0.1, -0.05) is 6.07 Å². The molecule has 0 aliphatic rings. The number of rotatable bonds is 3. The van der Waals surface area contributed by atoms with Crippen molar-refractivity contribution in [3.63, 3.8) is 0 Å². The molecule has 0 atom stereocenters. The lowest BCUT2D eigenvalue weighted by molar-refractivity contribution is 0.637. The Labute approximate surface area is 114 Å². The van der Waals surface area contributed by atoms with Crippen molar-refractivity contribution in [2.75, 3.05) is 0 Å². The lowest BCUT2D eigenvalue weighted by Crippen LogP contribution is -2.05. The standard InChI is InChI=1S/C14H14FN3S/c1-9-17-5-6-18(9)8-10-13(7-16)19-12-4-2-3-11(15)14(10)12/h2-6H,7-8,16H2,1H3. The number of nitrogens with zero attached hydrogens (tertiary/aromatic N) is 2. The molecule has 0 saturated carbocycles. The Morgan fingerprint density at radius 1 is 1.42 bits per heavy atom. The molecule has 2 heterocycles. The molecular weight excluding hydrogens is 261 g/mol. The number of halogens is 1. The maximum atomic E-state index is 14.1. The molecule has 19 heavy (non-hydrogen) atoms. The Balaban J connectivity index is 2.18. The van der Waals surface area contributed by atoms with Gasteiger partial charge in [0.15, 0.2) is 0 Å². The molecule has 0 unspecified atom stereocenters. The van der Waals surface area contributed by atoms with Crippen molar-refractivity contribution < 1.29 is 4.39 Å². The Hall–Kier alpha value is -1.72. The molecule has 1 aromatic carbocycles. The van der Waals surface area contributed by atoms with Gasteiger partial charge in [0.2, 0.25) is 0 Å². The SMILES string of the molecule is Cc1nccn1Cc1c(CN)sc2cccc(F)c12. The second-order valence-corrected chi connectivity index (χ2v) is 5.56. The third kappa shape index (κ3) is 2.05. The van der Waals surface area contributed by atoms with Crippen molar-refractivity contribution in [3.05, 3.63) is 52.7 Å². The first-order valence-electron chi connectivity index (χ1n) is 6.07. The second-order valence-electron chi connectivity index (χ2n) is 4.42. The average molecular weight is 275 g/mol. The summed E-state index contributed by atoms with van der Waals surface area (Å²) in [4.78, 5) is 5.23. The van der Waals surface area contributed by atoms with Crippen LogP contribution in [0.15, 0.2) is 30.6 Å². The molecule has 3 aromatic rings. The molecule has 0 bridgehead atoms. The molecule has 0 spiro atoms. The van der Waals surface area contributed by atoms with Crippen LogP contribution < -0.4 is 5.73 Å². The fourth-order valence-electron chi connectivity index (χ4n) is 2.29. The van der Waals surface area contributed by atoms with Crippen LogP contribution in [0.3, 0.4) is 0 Å². The number of fused-ring (bicyclic) bond motifs is 1. The van der Waals surface area contributed by atoms with Crippen LogP contribution in [0.25, 0.3) is 10.1 Å². The maximum absolute atomic E-state index is 14.1. The van der Waals surface area contributed by atoms with Crippen molar-refractivity contribution >= 4 is 21.4 Å². The van der Waals surface area contributed by atoms with E-state index in [0.717, 1.165) is 21.0 Å². The fraction of sp³-hybridized carbons (Fsp3) is 0.214. The molecule has 0 aliphatic carbocycles. The van der Waals surface area contributed by atoms with E-state index in [0.29, 0.717) is 18.5 Å². The zero-order chi connectivity index (χ0) is 13.4. The van der Waals surface area contributed by atoms with Gasteiger partial charge in [-0.25, -0.2) is 9.37 Å². The number of hydrogen-bond acceptors (Lipinski definition) is 3. The van der Waals surface area contributed by atoms with Crippen LogP contribution in [-0.2, 0) is 13.1 Å². The largest absolute Gasteiger partial charge is 0.331 e. The third-order valence-electron chi connectivity index (χ3n) is 3.28. The van der Waals surface area contributed by atoms with E-state index in [1.165, 1.54) is 6.07 Å².